The van der Waals surface area contributed by atoms with Gasteiger partial charge in [-0.3, -0.25) is 4.68 Å². The van der Waals surface area contributed by atoms with Crippen LogP contribution in [0.15, 0.2) is 48.8 Å². The SMILES string of the molecule is COc1cc(OC)cc(N(CCNC(C)C)c2ccc3nnc(-c4cnn(C)c4)nc3c2)c1. The van der Waals surface area contributed by atoms with Crippen molar-refractivity contribution in [2.24, 2.45) is 7.05 Å². The van der Waals surface area contributed by atoms with Gasteiger partial charge in [0, 0.05) is 61.9 Å². The minimum absolute atomic E-state index is 0.391. The van der Waals surface area contributed by atoms with Crippen molar-refractivity contribution < 1.29 is 9.47 Å². The number of hydrogen-bond acceptors (Lipinski definition) is 8. The van der Waals surface area contributed by atoms with E-state index in [1.54, 1.807) is 25.1 Å². The lowest BCUT2D eigenvalue weighted by molar-refractivity contribution is 0.394. The van der Waals surface area contributed by atoms with Gasteiger partial charge >= 0.3 is 0 Å². The summed E-state index contributed by atoms with van der Waals surface area (Å²) < 4.78 is 12.7. The van der Waals surface area contributed by atoms with Gasteiger partial charge in [0.05, 0.1) is 31.5 Å². The first-order valence-electron chi connectivity index (χ1n) is 10.8. The highest BCUT2D eigenvalue weighted by molar-refractivity contribution is 5.82. The van der Waals surface area contributed by atoms with Crippen LogP contribution < -0.4 is 19.7 Å². The van der Waals surface area contributed by atoms with Crippen molar-refractivity contribution in [1.29, 1.82) is 0 Å². The standard InChI is InChI=1S/C24H29N7O2/c1-16(2)25-8-9-31(19-10-20(32-4)13-21(11-19)33-5)18-6-7-22-23(12-18)27-24(29-28-22)17-14-26-30(3)15-17/h6-7,10-16,25H,8-9H2,1-5H3. The van der Waals surface area contributed by atoms with Crippen LogP contribution in [0.2, 0.25) is 0 Å². The molecule has 0 radical (unpaired) electrons. The van der Waals surface area contributed by atoms with Gasteiger partial charge in [-0.1, -0.05) is 13.8 Å². The third-order valence-electron chi connectivity index (χ3n) is 5.25. The van der Waals surface area contributed by atoms with E-state index in [-0.39, 0.29) is 0 Å². The van der Waals surface area contributed by atoms with Crippen LogP contribution in [-0.4, -0.2) is 58.3 Å². The Morgan fingerprint density at radius 3 is 2.36 bits per heavy atom. The highest BCUT2D eigenvalue weighted by Crippen LogP contribution is 2.33. The first-order valence-corrected chi connectivity index (χ1v) is 10.8. The zero-order valence-corrected chi connectivity index (χ0v) is 19.6. The number of ether oxygens (including phenoxy) is 2. The third kappa shape index (κ3) is 5.20. The van der Waals surface area contributed by atoms with Crippen LogP contribution in [0.1, 0.15) is 13.8 Å². The normalized spacial score (nSPS) is 11.2. The summed E-state index contributed by atoms with van der Waals surface area (Å²) in [5.74, 6) is 2.01. The molecule has 0 spiro atoms. The van der Waals surface area contributed by atoms with Crippen molar-refractivity contribution >= 4 is 22.4 Å². The number of fused-ring (bicyclic) bond motifs is 1. The number of nitrogens with zero attached hydrogens (tertiary/aromatic N) is 6. The molecule has 0 amide bonds. The van der Waals surface area contributed by atoms with Gasteiger partial charge in [0.25, 0.3) is 0 Å². The lowest BCUT2D eigenvalue weighted by atomic mass is 10.2. The minimum Gasteiger partial charge on any atom is -0.497 e. The van der Waals surface area contributed by atoms with E-state index in [1.165, 1.54) is 0 Å². The van der Waals surface area contributed by atoms with E-state index in [0.29, 0.717) is 11.9 Å². The quantitative estimate of drug-likeness (QED) is 0.416. The number of rotatable bonds is 9. The number of hydrogen-bond donors (Lipinski definition) is 1. The van der Waals surface area contributed by atoms with E-state index in [0.717, 1.165) is 52.6 Å². The van der Waals surface area contributed by atoms with Crippen molar-refractivity contribution in [2.75, 3.05) is 32.2 Å². The highest BCUT2D eigenvalue weighted by atomic mass is 16.5. The predicted octanol–water partition coefficient (Wildman–Crippen LogP) is 3.58. The van der Waals surface area contributed by atoms with E-state index in [9.17, 15) is 0 Å². The molecule has 9 heteroatoms. The molecule has 0 aliphatic carbocycles. The van der Waals surface area contributed by atoms with E-state index in [4.69, 9.17) is 14.5 Å². The molecule has 172 valence electrons. The maximum Gasteiger partial charge on any atom is 0.185 e. The van der Waals surface area contributed by atoms with Crippen LogP contribution in [0.4, 0.5) is 11.4 Å². The molecule has 1 N–H and O–H groups in total. The molecule has 0 saturated carbocycles. The summed E-state index contributed by atoms with van der Waals surface area (Å²) in [5.41, 5.74) is 4.27. The number of benzene rings is 2. The van der Waals surface area contributed by atoms with E-state index in [2.05, 4.69) is 39.4 Å². The zero-order chi connectivity index (χ0) is 23.4. The van der Waals surface area contributed by atoms with Gasteiger partial charge in [0.1, 0.15) is 17.0 Å². The second-order valence-electron chi connectivity index (χ2n) is 8.04. The molecule has 0 saturated heterocycles. The summed E-state index contributed by atoms with van der Waals surface area (Å²) >= 11 is 0. The molecule has 33 heavy (non-hydrogen) atoms. The summed E-state index contributed by atoms with van der Waals surface area (Å²) in [6.07, 6.45) is 3.61. The van der Waals surface area contributed by atoms with Crippen LogP contribution >= 0.6 is 0 Å². The Morgan fingerprint density at radius 1 is 0.970 bits per heavy atom. The fraction of sp³-hybridized carbons (Fsp3) is 0.333. The first-order chi connectivity index (χ1) is 16.0. The number of aromatic nitrogens is 5. The number of aryl methyl sites for hydroxylation is 1. The van der Waals surface area contributed by atoms with Crippen LogP contribution in [0.25, 0.3) is 22.4 Å². The minimum atomic E-state index is 0.391. The molecular weight excluding hydrogens is 418 g/mol. The number of methoxy groups -OCH3 is 2. The maximum atomic E-state index is 5.50. The molecule has 2 aromatic heterocycles. The summed E-state index contributed by atoms with van der Waals surface area (Å²) in [6.45, 7) is 5.82. The molecule has 0 unspecified atom stereocenters. The fourth-order valence-electron chi connectivity index (χ4n) is 3.57. The van der Waals surface area contributed by atoms with Gasteiger partial charge in [0.2, 0.25) is 0 Å². The lowest BCUT2D eigenvalue weighted by Crippen LogP contribution is -2.32. The number of nitrogens with one attached hydrogen (secondary N) is 1. The molecule has 4 rings (SSSR count). The van der Waals surface area contributed by atoms with Gasteiger partial charge < -0.3 is 19.7 Å². The topological polar surface area (TPSA) is 90.2 Å². The molecule has 0 atom stereocenters. The van der Waals surface area contributed by atoms with Crippen molar-refractivity contribution in [2.45, 2.75) is 19.9 Å². The summed E-state index contributed by atoms with van der Waals surface area (Å²) in [5, 5.41) is 16.3. The van der Waals surface area contributed by atoms with Gasteiger partial charge in [-0.25, -0.2) is 4.98 Å². The molecule has 2 heterocycles. The molecule has 4 aromatic rings. The van der Waals surface area contributed by atoms with Gasteiger partial charge in [0.15, 0.2) is 5.82 Å². The Bertz CT molecular complexity index is 1220. The Labute approximate surface area is 193 Å². The van der Waals surface area contributed by atoms with Crippen molar-refractivity contribution in [3.05, 3.63) is 48.8 Å². The van der Waals surface area contributed by atoms with Gasteiger partial charge in [-0.15, -0.1) is 10.2 Å². The zero-order valence-electron chi connectivity index (χ0n) is 19.6. The molecule has 0 bridgehead atoms. The van der Waals surface area contributed by atoms with Crippen LogP contribution in [0, 0.1) is 0 Å². The maximum absolute atomic E-state index is 5.50. The van der Waals surface area contributed by atoms with E-state index >= 15 is 0 Å². The molecule has 2 aromatic carbocycles. The van der Waals surface area contributed by atoms with Crippen LogP contribution in [-0.2, 0) is 7.05 Å². The number of anilines is 2. The highest BCUT2D eigenvalue weighted by Gasteiger charge is 2.15. The third-order valence-corrected chi connectivity index (χ3v) is 5.25. The van der Waals surface area contributed by atoms with Crippen molar-refractivity contribution in [1.82, 2.24) is 30.3 Å². The summed E-state index contributed by atoms with van der Waals surface area (Å²) in [6, 6.07) is 12.3. The largest absolute Gasteiger partial charge is 0.497 e. The molecule has 0 fully saturated rings. The van der Waals surface area contributed by atoms with Gasteiger partial charge in [-0.2, -0.15) is 5.10 Å². The van der Waals surface area contributed by atoms with Gasteiger partial charge in [-0.05, 0) is 18.2 Å². The molecule has 0 aliphatic rings. The Kier molecular flexibility index (Phi) is 6.69. The Hall–Kier alpha value is -3.72. The smallest absolute Gasteiger partial charge is 0.185 e. The van der Waals surface area contributed by atoms with E-state index in [1.807, 2.05) is 49.6 Å². The lowest BCUT2D eigenvalue weighted by Gasteiger charge is -2.27. The average Bonchev–Trinajstić information content (AvgIpc) is 3.26. The Morgan fingerprint density at radius 2 is 1.73 bits per heavy atom. The predicted molar refractivity (Wildman–Crippen MR) is 129 cm³/mol. The molecule has 0 aliphatic heterocycles. The Balaban J connectivity index is 1.76. The van der Waals surface area contributed by atoms with Crippen LogP contribution in [0.5, 0.6) is 11.5 Å². The molecule has 9 nitrogen and oxygen atoms in total. The van der Waals surface area contributed by atoms with E-state index < -0.39 is 0 Å². The first kappa shape index (κ1) is 22.5. The van der Waals surface area contributed by atoms with Crippen molar-refractivity contribution in [3.63, 3.8) is 0 Å². The average molecular weight is 448 g/mol. The van der Waals surface area contributed by atoms with Crippen molar-refractivity contribution in [3.8, 4) is 22.9 Å². The summed E-state index contributed by atoms with van der Waals surface area (Å²) in [7, 11) is 5.17. The second kappa shape index (κ2) is 9.83. The summed E-state index contributed by atoms with van der Waals surface area (Å²) in [4.78, 5) is 6.97. The molecular formula is C24H29N7O2. The fourth-order valence-corrected chi connectivity index (χ4v) is 3.57. The van der Waals surface area contributed by atoms with Crippen LogP contribution in [0.3, 0.4) is 0 Å². The monoisotopic (exact) mass is 447 g/mol. The second-order valence-corrected chi connectivity index (χ2v) is 8.04.